The fraction of sp³-hybridized carbons (Fsp3) is 0.652. The topological polar surface area (TPSA) is 94.2 Å². The van der Waals surface area contributed by atoms with Gasteiger partial charge >= 0.3 is 0 Å². The van der Waals surface area contributed by atoms with Crippen molar-refractivity contribution in [3.8, 4) is 0 Å². The first-order valence-electron chi connectivity index (χ1n) is 11.7. The number of carbonyl (C=O) groups excluding carboxylic acids is 1. The average Bonchev–Trinajstić information content (AvgIpc) is 3.28. The second kappa shape index (κ2) is 9.77. The lowest BCUT2D eigenvalue weighted by molar-refractivity contribution is -0.123. The highest BCUT2D eigenvalue weighted by molar-refractivity contribution is 5.79. The fourth-order valence-electron chi connectivity index (χ4n) is 4.88. The van der Waals surface area contributed by atoms with Crippen LogP contribution in [0.15, 0.2) is 17.1 Å². The highest BCUT2D eigenvalue weighted by atomic mass is 16.2. The molecule has 1 aliphatic carbocycles. The van der Waals surface area contributed by atoms with Gasteiger partial charge in [0.15, 0.2) is 0 Å². The lowest BCUT2D eigenvalue weighted by Gasteiger charge is -2.31. The molecule has 0 unspecified atom stereocenters. The number of aromatic amines is 1. The van der Waals surface area contributed by atoms with Crippen LogP contribution in [-0.2, 0) is 4.79 Å². The number of carbonyl (C=O) groups is 1. The van der Waals surface area contributed by atoms with E-state index in [1.807, 2.05) is 6.07 Å². The Balaban J connectivity index is 1.41. The lowest BCUT2D eigenvalue weighted by atomic mass is 9.92. The second-order valence-electron chi connectivity index (χ2n) is 8.79. The van der Waals surface area contributed by atoms with Crippen molar-refractivity contribution in [2.75, 3.05) is 37.6 Å². The van der Waals surface area contributed by atoms with Crippen molar-refractivity contribution in [2.24, 2.45) is 0 Å². The van der Waals surface area contributed by atoms with Crippen molar-refractivity contribution < 1.29 is 4.79 Å². The highest BCUT2D eigenvalue weighted by Crippen LogP contribution is 2.27. The molecule has 0 spiro atoms. The summed E-state index contributed by atoms with van der Waals surface area (Å²) in [7, 11) is 0. The van der Waals surface area contributed by atoms with E-state index in [9.17, 15) is 9.59 Å². The zero-order valence-corrected chi connectivity index (χ0v) is 18.7. The number of fused-ring (bicyclic) bond motifs is 1. The molecule has 8 heteroatoms. The molecule has 3 heterocycles. The van der Waals surface area contributed by atoms with Crippen LogP contribution >= 0.6 is 0 Å². The number of anilines is 1. The summed E-state index contributed by atoms with van der Waals surface area (Å²) in [5, 5.41) is 3.70. The van der Waals surface area contributed by atoms with E-state index in [1.54, 1.807) is 6.20 Å². The molecule has 4 rings (SSSR count). The number of pyridine rings is 1. The van der Waals surface area contributed by atoms with E-state index in [0.29, 0.717) is 29.4 Å². The summed E-state index contributed by atoms with van der Waals surface area (Å²) in [6, 6.07) is 2.38. The monoisotopic (exact) mass is 426 g/mol. The van der Waals surface area contributed by atoms with Gasteiger partial charge in [-0.15, -0.1) is 0 Å². The van der Waals surface area contributed by atoms with E-state index in [0.717, 1.165) is 57.6 Å². The third-order valence-electron chi connectivity index (χ3n) is 6.76. The molecule has 8 nitrogen and oxygen atoms in total. The van der Waals surface area contributed by atoms with E-state index < -0.39 is 0 Å². The molecular weight excluding hydrogens is 392 g/mol. The van der Waals surface area contributed by atoms with Gasteiger partial charge in [0, 0.05) is 36.9 Å². The van der Waals surface area contributed by atoms with Gasteiger partial charge in [0.1, 0.15) is 0 Å². The minimum Gasteiger partial charge on any atom is -0.352 e. The van der Waals surface area contributed by atoms with Crippen LogP contribution in [0.1, 0.15) is 64.0 Å². The zero-order valence-electron chi connectivity index (χ0n) is 18.7. The Hall–Kier alpha value is -2.48. The molecule has 31 heavy (non-hydrogen) atoms. The van der Waals surface area contributed by atoms with Crippen LogP contribution < -0.4 is 15.8 Å². The van der Waals surface area contributed by atoms with Crippen molar-refractivity contribution in [2.45, 2.75) is 64.3 Å². The van der Waals surface area contributed by atoms with Gasteiger partial charge in [0.2, 0.25) is 11.9 Å². The van der Waals surface area contributed by atoms with E-state index in [-0.39, 0.29) is 17.4 Å². The smallest absolute Gasteiger partial charge is 0.259 e. The molecule has 2 aromatic heterocycles. The Morgan fingerprint density at radius 1 is 1.19 bits per heavy atom. The van der Waals surface area contributed by atoms with Crippen LogP contribution in [0.25, 0.3) is 10.9 Å². The molecule has 2 fully saturated rings. The molecule has 2 aliphatic rings. The van der Waals surface area contributed by atoms with Crippen molar-refractivity contribution in [3.63, 3.8) is 0 Å². The van der Waals surface area contributed by atoms with Gasteiger partial charge in [0.05, 0.1) is 17.4 Å². The van der Waals surface area contributed by atoms with Crippen LogP contribution in [0.2, 0.25) is 0 Å². The standard InChI is InChI=1S/C23H34N6O2/c1-3-29(4-2)23-24-14-18-20(27-23)13-19(26-22(18)31)16-9-11-28(12-10-16)15-21(30)25-17-7-5-6-8-17/h13-14,16-17H,3-12,15H2,1-2H3,(H,25,30)(H,26,31). The first-order chi connectivity index (χ1) is 15.1. The number of nitrogens with zero attached hydrogens (tertiary/aromatic N) is 4. The van der Waals surface area contributed by atoms with Crippen molar-refractivity contribution in [1.29, 1.82) is 0 Å². The Morgan fingerprint density at radius 2 is 1.90 bits per heavy atom. The van der Waals surface area contributed by atoms with Crippen LogP contribution in [-0.4, -0.2) is 64.5 Å². The number of piperidine rings is 1. The number of amides is 1. The summed E-state index contributed by atoms with van der Waals surface area (Å²) in [5.74, 6) is 1.08. The molecule has 0 aromatic carbocycles. The number of H-pyrrole nitrogens is 1. The normalized spacial score (nSPS) is 18.5. The number of rotatable bonds is 7. The average molecular weight is 427 g/mol. The summed E-state index contributed by atoms with van der Waals surface area (Å²) in [6.07, 6.45) is 8.15. The third kappa shape index (κ3) is 5.06. The molecule has 1 aliphatic heterocycles. The molecule has 0 radical (unpaired) electrons. The third-order valence-corrected chi connectivity index (χ3v) is 6.76. The van der Waals surface area contributed by atoms with Gasteiger partial charge in [0.25, 0.3) is 5.56 Å². The first kappa shape index (κ1) is 21.7. The van der Waals surface area contributed by atoms with Crippen LogP contribution in [0.4, 0.5) is 5.95 Å². The van der Waals surface area contributed by atoms with Gasteiger partial charge in [-0.1, -0.05) is 12.8 Å². The summed E-state index contributed by atoms with van der Waals surface area (Å²) in [6.45, 7) is 7.98. The van der Waals surface area contributed by atoms with Crippen LogP contribution in [0.3, 0.4) is 0 Å². The predicted molar refractivity (Wildman–Crippen MR) is 123 cm³/mol. The summed E-state index contributed by atoms with van der Waals surface area (Å²) < 4.78 is 0. The van der Waals surface area contributed by atoms with E-state index in [4.69, 9.17) is 0 Å². The first-order valence-corrected chi connectivity index (χ1v) is 11.7. The van der Waals surface area contributed by atoms with Crippen LogP contribution in [0, 0.1) is 0 Å². The zero-order chi connectivity index (χ0) is 21.8. The summed E-state index contributed by atoms with van der Waals surface area (Å²) in [5.41, 5.74) is 1.52. The van der Waals surface area contributed by atoms with Gasteiger partial charge in [-0.05, 0) is 58.7 Å². The molecular formula is C23H34N6O2. The summed E-state index contributed by atoms with van der Waals surface area (Å²) >= 11 is 0. The maximum atomic E-state index is 12.6. The predicted octanol–water partition coefficient (Wildman–Crippen LogP) is 2.40. The number of likely N-dealkylation sites (tertiary alicyclic amines) is 1. The Labute approximate surface area is 183 Å². The van der Waals surface area contributed by atoms with Crippen molar-refractivity contribution in [1.82, 2.24) is 25.2 Å². The van der Waals surface area contributed by atoms with Gasteiger partial charge in [-0.25, -0.2) is 9.97 Å². The largest absolute Gasteiger partial charge is 0.352 e. The van der Waals surface area contributed by atoms with Gasteiger partial charge < -0.3 is 15.2 Å². The molecule has 1 amide bonds. The second-order valence-corrected chi connectivity index (χ2v) is 8.79. The lowest BCUT2D eigenvalue weighted by Crippen LogP contribution is -2.43. The minimum atomic E-state index is -0.128. The molecule has 1 saturated heterocycles. The number of hydrogen-bond donors (Lipinski definition) is 2. The van der Waals surface area contributed by atoms with Crippen LogP contribution in [0.5, 0.6) is 0 Å². The highest BCUT2D eigenvalue weighted by Gasteiger charge is 2.25. The molecule has 168 valence electrons. The SMILES string of the molecule is CCN(CC)c1ncc2c(=O)[nH]c(C3CCN(CC(=O)NC4CCCC4)CC3)cc2n1. The van der Waals surface area contributed by atoms with E-state index >= 15 is 0 Å². The Kier molecular flexibility index (Phi) is 6.85. The fourth-order valence-corrected chi connectivity index (χ4v) is 4.88. The maximum Gasteiger partial charge on any atom is 0.259 e. The van der Waals surface area contributed by atoms with Crippen molar-refractivity contribution >= 4 is 22.8 Å². The van der Waals surface area contributed by atoms with Gasteiger partial charge in [-0.2, -0.15) is 0 Å². The Bertz CT molecular complexity index is 956. The summed E-state index contributed by atoms with van der Waals surface area (Å²) in [4.78, 5) is 41.4. The molecule has 0 atom stereocenters. The van der Waals surface area contributed by atoms with E-state index in [2.05, 4.69) is 43.9 Å². The molecule has 0 bridgehead atoms. The number of aromatic nitrogens is 3. The Morgan fingerprint density at radius 3 is 2.58 bits per heavy atom. The number of nitrogens with one attached hydrogen (secondary N) is 2. The number of hydrogen-bond acceptors (Lipinski definition) is 6. The van der Waals surface area contributed by atoms with Gasteiger partial charge in [-0.3, -0.25) is 14.5 Å². The molecule has 1 saturated carbocycles. The minimum absolute atomic E-state index is 0.128. The molecule has 2 N–H and O–H groups in total. The maximum absolute atomic E-state index is 12.6. The molecule has 2 aromatic rings. The van der Waals surface area contributed by atoms with E-state index in [1.165, 1.54) is 12.8 Å². The quantitative estimate of drug-likeness (QED) is 0.706. The van der Waals surface area contributed by atoms with Crippen molar-refractivity contribution in [3.05, 3.63) is 28.3 Å².